The van der Waals surface area contributed by atoms with Gasteiger partial charge in [-0.15, -0.1) is 0 Å². The van der Waals surface area contributed by atoms with E-state index in [1.807, 2.05) is 54.4 Å². The van der Waals surface area contributed by atoms with E-state index in [0.29, 0.717) is 24.1 Å². The van der Waals surface area contributed by atoms with E-state index in [9.17, 15) is 9.18 Å². The number of aromatic nitrogens is 3. The Hall–Kier alpha value is -3.07. The number of benzene rings is 1. The lowest BCUT2D eigenvalue weighted by molar-refractivity contribution is -0.114. The van der Waals surface area contributed by atoms with Crippen molar-refractivity contribution in [2.24, 2.45) is 5.92 Å². The maximum absolute atomic E-state index is 14.9. The van der Waals surface area contributed by atoms with Gasteiger partial charge in [0.15, 0.2) is 5.16 Å². The first-order valence-electron chi connectivity index (χ1n) is 10.7. The maximum Gasteiger partial charge on any atom is 0.221 e. The van der Waals surface area contributed by atoms with Crippen LogP contribution in [-0.2, 0) is 4.79 Å². The molecule has 9 heteroatoms. The summed E-state index contributed by atoms with van der Waals surface area (Å²) < 4.78 is 14.9. The van der Waals surface area contributed by atoms with Crippen LogP contribution in [0.5, 0.6) is 0 Å². The number of rotatable bonds is 7. The monoisotopic (exact) mass is 452 g/mol. The average Bonchev–Trinajstić information content (AvgIpc) is 3.50. The van der Waals surface area contributed by atoms with Crippen LogP contribution < -0.4 is 15.5 Å². The Kier molecular flexibility index (Phi) is 5.28. The van der Waals surface area contributed by atoms with E-state index in [2.05, 4.69) is 20.6 Å². The van der Waals surface area contributed by atoms with Crippen molar-refractivity contribution in [2.75, 3.05) is 28.6 Å². The molecule has 3 heterocycles. The third kappa shape index (κ3) is 4.57. The van der Waals surface area contributed by atoms with Crippen molar-refractivity contribution in [1.82, 2.24) is 15.0 Å². The van der Waals surface area contributed by atoms with Crippen LogP contribution in [0.25, 0.3) is 0 Å². The first-order valence-corrected chi connectivity index (χ1v) is 11.5. The van der Waals surface area contributed by atoms with Gasteiger partial charge in [0.05, 0.1) is 13.1 Å². The topological polar surface area (TPSA) is 85.9 Å². The molecule has 1 saturated heterocycles. The molecule has 166 valence electrons. The molecular formula is C23H25FN6OS. The number of aromatic amines is 1. The van der Waals surface area contributed by atoms with Gasteiger partial charge in [-0.2, -0.15) is 0 Å². The van der Waals surface area contributed by atoms with Crippen molar-refractivity contribution >= 4 is 40.8 Å². The van der Waals surface area contributed by atoms with Gasteiger partial charge < -0.3 is 20.5 Å². The summed E-state index contributed by atoms with van der Waals surface area (Å²) in [4.78, 5) is 26.7. The molecule has 0 bridgehead atoms. The highest BCUT2D eigenvalue weighted by Crippen LogP contribution is 2.48. The molecule has 5 rings (SSSR count). The van der Waals surface area contributed by atoms with Crippen LogP contribution in [0.4, 0.5) is 27.5 Å². The Balaban J connectivity index is 1.37. The number of halogens is 1. The molecule has 1 aliphatic carbocycles. The SMILES string of the molecule is CC(=O)Nc1ccc(Sc2nc(Nc3cc(C)c[nH]3)cc(N3CC(F)(C4CC4)C3)n2)cc1. The quantitative estimate of drug-likeness (QED) is 0.442. The summed E-state index contributed by atoms with van der Waals surface area (Å²) in [5, 5.41) is 6.63. The van der Waals surface area contributed by atoms with Gasteiger partial charge >= 0.3 is 0 Å². The molecule has 1 aromatic carbocycles. The standard InChI is InChI=1S/C23H25FN6OS/c1-14-9-19(25-11-14)27-20-10-21(30-12-23(24,13-30)16-3-4-16)29-22(28-20)32-18-7-5-17(6-8-18)26-15(2)31/h5-11,16,25H,3-4,12-13H2,1-2H3,(H,26,31)(H,27,28,29). The molecule has 0 atom stereocenters. The molecule has 1 amide bonds. The summed E-state index contributed by atoms with van der Waals surface area (Å²) in [7, 11) is 0. The zero-order chi connectivity index (χ0) is 22.3. The van der Waals surface area contributed by atoms with Gasteiger partial charge in [-0.3, -0.25) is 4.79 Å². The highest BCUT2D eigenvalue weighted by molar-refractivity contribution is 7.99. The van der Waals surface area contributed by atoms with Crippen molar-refractivity contribution in [3.63, 3.8) is 0 Å². The van der Waals surface area contributed by atoms with E-state index in [0.717, 1.165) is 40.6 Å². The summed E-state index contributed by atoms with van der Waals surface area (Å²) in [6.45, 7) is 4.25. The van der Waals surface area contributed by atoms with E-state index in [4.69, 9.17) is 4.98 Å². The van der Waals surface area contributed by atoms with Crippen LogP contribution in [0, 0.1) is 12.8 Å². The van der Waals surface area contributed by atoms with Gasteiger partial charge in [-0.25, -0.2) is 14.4 Å². The van der Waals surface area contributed by atoms with Crippen molar-refractivity contribution < 1.29 is 9.18 Å². The normalized spacial score (nSPS) is 17.0. The zero-order valence-corrected chi connectivity index (χ0v) is 18.8. The fraction of sp³-hybridized carbons (Fsp3) is 0.348. The summed E-state index contributed by atoms with van der Waals surface area (Å²) >= 11 is 1.42. The molecule has 7 nitrogen and oxygen atoms in total. The fourth-order valence-electron chi connectivity index (χ4n) is 3.92. The van der Waals surface area contributed by atoms with Crippen molar-refractivity contribution in [3.8, 4) is 0 Å². The number of nitrogens with one attached hydrogen (secondary N) is 3. The van der Waals surface area contributed by atoms with Crippen LogP contribution in [0.3, 0.4) is 0 Å². The smallest absolute Gasteiger partial charge is 0.221 e. The number of hydrogen-bond donors (Lipinski definition) is 3. The largest absolute Gasteiger partial charge is 0.350 e. The predicted octanol–water partition coefficient (Wildman–Crippen LogP) is 4.90. The Labute approximate surface area is 190 Å². The minimum absolute atomic E-state index is 0.110. The minimum atomic E-state index is -1.08. The molecule has 0 radical (unpaired) electrons. The average molecular weight is 453 g/mol. The molecule has 0 spiro atoms. The molecule has 2 fully saturated rings. The fourth-order valence-corrected chi connectivity index (χ4v) is 4.69. The number of amides is 1. The molecule has 32 heavy (non-hydrogen) atoms. The maximum atomic E-state index is 14.9. The number of carbonyl (C=O) groups is 1. The van der Waals surface area contributed by atoms with E-state index in [1.165, 1.54) is 18.7 Å². The molecule has 2 aromatic heterocycles. The number of hydrogen-bond acceptors (Lipinski definition) is 6. The third-order valence-corrected chi connectivity index (χ3v) is 6.58. The second kappa shape index (κ2) is 8.12. The van der Waals surface area contributed by atoms with Gasteiger partial charge in [0.1, 0.15) is 23.1 Å². The van der Waals surface area contributed by atoms with Gasteiger partial charge in [-0.1, -0.05) is 0 Å². The molecule has 2 aliphatic rings. The third-order valence-electron chi connectivity index (χ3n) is 5.71. The van der Waals surface area contributed by atoms with Crippen LogP contribution in [0.15, 0.2) is 52.6 Å². The van der Waals surface area contributed by atoms with Crippen molar-refractivity contribution in [3.05, 3.63) is 48.2 Å². The zero-order valence-electron chi connectivity index (χ0n) is 18.0. The van der Waals surface area contributed by atoms with Crippen LogP contribution >= 0.6 is 11.8 Å². The number of alkyl halides is 1. The lowest BCUT2D eigenvalue weighted by Crippen LogP contribution is -2.60. The first kappa shape index (κ1) is 20.8. The minimum Gasteiger partial charge on any atom is -0.350 e. The number of anilines is 4. The molecule has 1 saturated carbocycles. The van der Waals surface area contributed by atoms with E-state index in [-0.39, 0.29) is 11.8 Å². The lowest BCUT2D eigenvalue weighted by Gasteiger charge is -2.45. The van der Waals surface area contributed by atoms with Crippen LogP contribution in [0.1, 0.15) is 25.3 Å². The second-order valence-electron chi connectivity index (χ2n) is 8.58. The van der Waals surface area contributed by atoms with Gasteiger partial charge in [0, 0.05) is 29.8 Å². The van der Waals surface area contributed by atoms with E-state index < -0.39 is 5.67 Å². The summed E-state index contributed by atoms with van der Waals surface area (Å²) in [6, 6.07) is 11.4. The highest BCUT2D eigenvalue weighted by atomic mass is 32.2. The molecule has 3 aromatic rings. The van der Waals surface area contributed by atoms with Crippen LogP contribution in [0.2, 0.25) is 0 Å². The summed E-state index contributed by atoms with van der Waals surface area (Å²) in [5.41, 5.74) is 0.771. The summed E-state index contributed by atoms with van der Waals surface area (Å²) in [6.07, 6.45) is 3.89. The van der Waals surface area contributed by atoms with Crippen LogP contribution in [-0.4, -0.2) is 39.6 Å². The molecule has 1 aliphatic heterocycles. The first-order chi connectivity index (χ1) is 15.4. The number of nitrogens with zero attached hydrogens (tertiary/aromatic N) is 3. The van der Waals surface area contributed by atoms with Crippen molar-refractivity contribution in [1.29, 1.82) is 0 Å². The Morgan fingerprint density at radius 2 is 1.97 bits per heavy atom. The van der Waals surface area contributed by atoms with E-state index in [1.54, 1.807) is 0 Å². The predicted molar refractivity (Wildman–Crippen MR) is 124 cm³/mol. The van der Waals surface area contributed by atoms with Gasteiger partial charge in [0.25, 0.3) is 0 Å². The van der Waals surface area contributed by atoms with Gasteiger partial charge in [0.2, 0.25) is 5.91 Å². The number of carbonyl (C=O) groups excluding carboxylic acids is 1. The molecular weight excluding hydrogens is 427 g/mol. The Bertz CT molecular complexity index is 1140. The Morgan fingerprint density at radius 1 is 1.22 bits per heavy atom. The number of aryl methyl sites for hydroxylation is 1. The second-order valence-corrected chi connectivity index (χ2v) is 9.62. The Morgan fingerprint density at radius 3 is 2.59 bits per heavy atom. The number of H-pyrrole nitrogens is 1. The van der Waals surface area contributed by atoms with Gasteiger partial charge in [-0.05, 0) is 73.3 Å². The highest BCUT2D eigenvalue weighted by Gasteiger charge is 2.54. The van der Waals surface area contributed by atoms with E-state index >= 15 is 0 Å². The van der Waals surface area contributed by atoms with Crippen molar-refractivity contribution in [2.45, 2.75) is 42.4 Å². The summed E-state index contributed by atoms with van der Waals surface area (Å²) in [5.74, 6) is 2.30. The molecule has 3 N–H and O–H groups in total. The lowest BCUT2D eigenvalue weighted by atomic mass is 9.91. The molecule has 0 unspecified atom stereocenters.